The van der Waals surface area contributed by atoms with Crippen molar-refractivity contribution in [3.05, 3.63) is 11.4 Å². The highest BCUT2D eigenvalue weighted by atomic mass is 32.1. The van der Waals surface area contributed by atoms with Crippen molar-refractivity contribution in [3.63, 3.8) is 0 Å². The number of aromatic nitrogens is 3. The van der Waals surface area contributed by atoms with Crippen LogP contribution in [0, 0.1) is 0 Å². The van der Waals surface area contributed by atoms with Gasteiger partial charge in [-0.05, 0) is 0 Å². The molecule has 1 rings (SSSR count). The molecule has 0 spiro atoms. The fourth-order valence-electron chi connectivity index (χ4n) is 0.867. The number of ether oxygens (including phenoxy) is 1. The molecular weight excluding hydrogens is 176 g/mol. The molecule has 0 fully saturated rings. The minimum absolute atomic E-state index is 0.246. The van der Waals surface area contributed by atoms with Gasteiger partial charge in [0.2, 0.25) is 0 Å². The third kappa shape index (κ3) is 1.59. The van der Waals surface area contributed by atoms with Crippen LogP contribution < -0.4 is 5.73 Å². The average molecular weight is 186 g/mol. The SMILES string of the molecule is COCc1c(C(N)=S)nnn1C. The topological polar surface area (TPSA) is 66.0 Å². The van der Waals surface area contributed by atoms with Crippen LogP contribution in [0.25, 0.3) is 0 Å². The number of hydrogen-bond acceptors (Lipinski definition) is 4. The summed E-state index contributed by atoms with van der Waals surface area (Å²) in [5.41, 5.74) is 6.75. The summed E-state index contributed by atoms with van der Waals surface area (Å²) in [7, 11) is 3.36. The lowest BCUT2D eigenvalue weighted by Crippen LogP contribution is -2.13. The maximum atomic E-state index is 5.42. The van der Waals surface area contributed by atoms with Crippen LogP contribution >= 0.6 is 12.2 Å². The predicted octanol–water partition coefficient (Wildman–Crippen LogP) is -0.404. The van der Waals surface area contributed by atoms with E-state index in [1.807, 2.05) is 0 Å². The monoisotopic (exact) mass is 186 g/mol. The Balaban J connectivity index is 3.03. The molecule has 12 heavy (non-hydrogen) atoms. The lowest BCUT2D eigenvalue weighted by atomic mass is 10.3. The molecule has 66 valence electrons. The minimum Gasteiger partial charge on any atom is -0.388 e. The molecule has 6 heteroatoms. The Hall–Kier alpha value is -1.01. The number of rotatable bonds is 3. The van der Waals surface area contributed by atoms with Crippen LogP contribution in [0.15, 0.2) is 0 Å². The molecule has 0 saturated carbocycles. The molecule has 0 atom stereocenters. The Morgan fingerprint density at radius 2 is 2.42 bits per heavy atom. The molecule has 0 amide bonds. The molecule has 0 aromatic carbocycles. The van der Waals surface area contributed by atoms with Gasteiger partial charge in [0, 0.05) is 14.2 Å². The summed E-state index contributed by atoms with van der Waals surface area (Å²) in [4.78, 5) is 0.246. The second-order valence-corrected chi connectivity index (χ2v) is 2.75. The third-order valence-corrected chi connectivity index (χ3v) is 1.65. The highest BCUT2D eigenvalue weighted by molar-refractivity contribution is 7.80. The highest BCUT2D eigenvalue weighted by Crippen LogP contribution is 2.04. The van der Waals surface area contributed by atoms with Crippen LogP contribution in [0.3, 0.4) is 0 Å². The van der Waals surface area contributed by atoms with Gasteiger partial charge in [-0.1, -0.05) is 17.4 Å². The number of thiocarbonyl (C=S) groups is 1. The van der Waals surface area contributed by atoms with Gasteiger partial charge < -0.3 is 10.5 Å². The lowest BCUT2D eigenvalue weighted by Gasteiger charge is -2.00. The molecular formula is C6H10N4OS. The molecule has 0 radical (unpaired) electrons. The van der Waals surface area contributed by atoms with Gasteiger partial charge in [-0.3, -0.25) is 0 Å². The van der Waals surface area contributed by atoms with Gasteiger partial charge in [0.25, 0.3) is 0 Å². The van der Waals surface area contributed by atoms with E-state index >= 15 is 0 Å². The van der Waals surface area contributed by atoms with Crippen molar-refractivity contribution < 1.29 is 4.74 Å². The van der Waals surface area contributed by atoms with Crippen LogP contribution in [0.4, 0.5) is 0 Å². The van der Waals surface area contributed by atoms with Gasteiger partial charge in [0.1, 0.15) is 10.7 Å². The van der Waals surface area contributed by atoms with E-state index in [9.17, 15) is 0 Å². The van der Waals surface area contributed by atoms with E-state index in [2.05, 4.69) is 10.3 Å². The largest absolute Gasteiger partial charge is 0.388 e. The number of methoxy groups -OCH3 is 1. The average Bonchev–Trinajstić information content (AvgIpc) is 2.34. The fourth-order valence-corrected chi connectivity index (χ4v) is 1.03. The smallest absolute Gasteiger partial charge is 0.145 e. The van der Waals surface area contributed by atoms with Gasteiger partial charge >= 0.3 is 0 Å². The first-order valence-electron chi connectivity index (χ1n) is 3.34. The first kappa shape index (κ1) is 9.08. The normalized spacial score (nSPS) is 10.2. The number of nitrogens with zero attached hydrogens (tertiary/aromatic N) is 3. The molecule has 0 saturated heterocycles. The van der Waals surface area contributed by atoms with Crippen molar-refractivity contribution in [1.82, 2.24) is 15.0 Å². The van der Waals surface area contributed by atoms with Gasteiger partial charge in [0.15, 0.2) is 0 Å². The molecule has 1 aromatic heterocycles. The van der Waals surface area contributed by atoms with E-state index in [0.29, 0.717) is 12.3 Å². The first-order valence-corrected chi connectivity index (χ1v) is 3.75. The quantitative estimate of drug-likeness (QED) is 0.650. The van der Waals surface area contributed by atoms with Crippen LogP contribution in [0.5, 0.6) is 0 Å². The second-order valence-electron chi connectivity index (χ2n) is 2.31. The van der Waals surface area contributed by atoms with E-state index in [1.54, 1.807) is 18.8 Å². The molecule has 0 aliphatic rings. The number of aryl methyl sites for hydroxylation is 1. The summed E-state index contributed by atoms with van der Waals surface area (Å²) >= 11 is 4.78. The molecule has 1 aromatic rings. The van der Waals surface area contributed by atoms with Gasteiger partial charge in [-0.15, -0.1) is 5.10 Å². The maximum Gasteiger partial charge on any atom is 0.145 e. The van der Waals surface area contributed by atoms with E-state index in [1.165, 1.54) is 0 Å². The summed E-state index contributed by atoms with van der Waals surface area (Å²) in [6, 6.07) is 0. The van der Waals surface area contributed by atoms with Crippen LogP contribution in [0.2, 0.25) is 0 Å². The van der Waals surface area contributed by atoms with Crippen molar-refractivity contribution in [2.45, 2.75) is 6.61 Å². The van der Waals surface area contributed by atoms with Crippen molar-refractivity contribution in [3.8, 4) is 0 Å². The van der Waals surface area contributed by atoms with Crippen LogP contribution in [0.1, 0.15) is 11.4 Å². The van der Waals surface area contributed by atoms with Crippen molar-refractivity contribution in [1.29, 1.82) is 0 Å². The zero-order chi connectivity index (χ0) is 9.14. The predicted molar refractivity (Wildman–Crippen MR) is 47.6 cm³/mol. The first-order chi connectivity index (χ1) is 5.66. The minimum atomic E-state index is 0.246. The number of hydrogen-bond donors (Lipinski definition) is 1. The summed E-state index contributed by atoms with van der Waals surface area (Å²) < 4.78 is 6.54. The molecule has 0 unspecified atom stereocenters. The van der Waals surface area contributed by atoms with Gasteiger partial charge in [-0.25, -0.2) is 4.68 Å². The van der Waals surface area contributed by atoms with Gasteiger partial charge in [-0.2, -0.15) is 0 Å². The van der Waals surface area contributed by atoms with E-state index in [0.717, 1.165) is 5.69 Å². The Bertz CT molecular complexity index is 296. The lowest BCUT2D eigenvalue weighted by molar-refractivity contribution is 0.177. The van der Waals surface area contributed by atoms with Crippen molar-refractivity contribution >= 4 is 17.2 Å². The molecule has 0 aliphatic carbocycles. The zero-order valence-corrected chi connectivity index (χ0v) is 7.76. The maximum absolute atomic E-state index is 5.42. The molecule has 0 aliphatic heterocycles. The summed E-state index contributed by atoms with van der Waals surface area (Å²) in [6.45, 7) is 0.413. The highest BCUT2D eigenvalue weighted by Gasteiger charge is 2.11. The van der Waals surface area contributed by atoms with Crippen molar-refractivity contribution in [2.24, 2.45) is 12.8 Å². The Kier molecular flexibility index (Phi) is 2.72. The standard InChI is InChI=1S/C6H10N4OS/c1-10-4(3-11-2)5(6(7)12)8-9-10/h3H2,1-2H3,(H2,7,12). The summed E-state index contributed by atoms with van der Waals surface area (Å²) in [5.74, 6) is 0. The second kappa shape index (κ2) is 3.59. The van der Waals surface area contributed by atoms with E-state index in [-0.39, 0.29) is 4.99 Å². The van der Waals surface area contributed by atoms with E-state index < -0.39 is 0 Å². The fraction of sp³-hybridized carbons (Fsp3) is 0.500. The summed E-state index contributed by atoms with van der Waals surface area (Å²) in [5, 5.41) is 7.58. The Labute approximate surface area is 75.5 Å². The number of nitrogens with two attached hydrogens (primary N) is 1. The molecule has 1 heterocycles. The zero-order valence-electron chi connectivity index (χ0n) is 6.94. The Morgan fingerprint density at radius 1 is 1.75 bits per heavy atom. The molecule has 0 bridgehead atoms. The van der Waals surface area contributed by atoms with Crippen LogP contribution in [-0.4, -0.2) is 27.1 Å². The van der Waals surface area contributed by atoms with Gasteiger partial charge in [0.05, 0.1) is 12.3 Å². The Morgan fingerprint density at radius 3 is 2.92 bits per heavy atom. The third-order valence-electron chi connectivity index (χ3n) is 1.46. The van der Waals surface area contributed by atoms with E-state index in [4.69, 9.17) is 22.7 Å². The van der Waals surface area contributed by atoms with Crippen LogP contribution in [-0.2, 0) is 18.4 Å². The summed E-state index contributed by atoms with van der Waals surface area (Å²) in [6.07, 6.45) is 0. The van der Waals surface area contributed by atoms with Crippen molar-refractivity contribution in [2.75, 3.05) is 7.11 Å². The molecule has 2 N–H and O–H groups in total. The molecule has 5 nitrogen and oxygen atoms in total.